The maximum atomic E-state index is 11.6. The average molecular weight is 320 g/mol. The highest BCUT2D eigenvalue weighted by Crippen LogP contribution is 2.28. The lowest BCUT2D eigenvalue weighted by Gasteiger charge is -2.22. The number of carbonyl (C=O) groups is 2. The van der Waals surface area contributed by atoms with Gasteiger partial charge in [-0.05, 0) is 31.8 Å². The summed E-state index contributed by atoms with van der Waals surface area (Å²) >= 11 is 0. The Morgan fingerprint density at radius 1 is 1.35 bits per heavy atom. The van der Waals surface area contributed by atoms with E-state index in [9.17, 15) is 9.59 Å². The van der Waals surface area contributed by atoms with Gasteiger partial charge in [-0.2, -0.15) is 0 Å². The molecule has 0 N–H and O–H groups in total. The number of hydrogen-bond donors (Lipinski definition) is 0. The van der Waals surface area contributed by atoms with E-state index in [1.54, 1.807) is 41.5 Å². The van der Waals surface area contributed by atoms with Crippen LogP contribution in [0, 0.1) is 0 Å². The third-order valence-electron chi connectivity index (χ3n) is 2.28. The van der Waals surface area contributed by atoms with Crippen LogP contribution in [0.25, 0.3) is 0 Å². The first-order valence-electron chi connectivity index (χ1n) is 6.59. The first-order chi connectivity index (χ1) is 9.26. The summed E-state index contributed by atoms with van der Waals surface area (Å²) < 4.78 is 10.1. The van der Waals surface area contributed by atoms with Crippen molar-refractivity contribution >= 4 is 33.5 Å². The molecule has 0 aromatic carbocycles. The molecule has 0 aliphatic carbocycles. The van der Waals surface area contributed by atoms with Crippen molar-refractivity contribution in [1.82, 2.24) is 0 Å². The molecule has 0 bridgehead atoms. The minimum Gasteiger partial charge on any atom is -0.461 e. The second-order valence-corrected chi connectivity index (χ2v) is 7.61. The van der Waals surface area contributed by atoms with E-state index in [0.717, 1.165) is 6.42 Å². The lowest BCUT2D eigenvalue weighted by Crippen LogP contribution is -2.30. The molecule has 20 heavy (non-hydrogen) atoms. The molecule has 0 aromatic rings. The van der Waals surface area contributed by atoms with Gasteiger partial charge >= 0.3 is 11.9 Å². The van der Waals surface area contributed by atoms with Crippen LogP contribution in [0.3, 0.4) is 0 Å². The maximum Gasteiger partial charge on any atom is 0.310 e. The number of carbonyl (C=O) groups excluding carboxylic acids is 2. The van der Waals surface area contributed by atoms with Crippen molar-refractivity contribution in [2.45, 2.75) is 58.3 Å². The van der Waals surface area contributed by atoms with Crippen LogP contribution in [0.4, 0.5) is 0 Å². The summed E-state index contributed by atoms with van der Waals surface area (Å²) in [5.74, 6) is -0.776. The molecule has 0 amide bonds. The Morgan fingerprint density at radius 3 is 2.55 bits per heavy atom. The topological polar surface area (TPSA) is 52.6 Å². The lowest BCUT2D eigenvalue weighted by atomic mass is 10.1. The fraction of sp³-hybridized carbons (Fsp3) is 0.714. The van der Waals surface area contributed by atoms with Gasteiger partial charge in [0.25, 0.3) is 0 Å². The average Bonchev–Trinajstić information content (AvgIpc) is 2.30. The second kappa shape index (κ2) is 10.2. The predicted octanol–water partition coefficient (Wildman–Crippen LogP) is 3.96. The molecule has 4 nitrogen and oxygen atoms in total. The molecule has 0 aliphatic rings. The minimum atomic E-state index is -0.826. The van der Waals surface area contributed by atoms with E-state index in [-0.39, 0.29) is 19.0 Å². The predicted molar refractivity (Wildman–Crippen MR) is 85.5 cm³/mol. The quantitative estimate of drug-likeness (QED) is 0.473. The highest BCUT2D eigenvalue weighted by atomic mass is 33.1. The Balaban J connectivity index is 3.83. The van der Waals surface area contributed by atoms with Crippen molar-refractivity contribution < 1.29 is 19.1 Å². The molecule has 0 aromatic heterocycles. The Labute approximate surface area is 129 Å². The van der Waals surface area contributed by atoms with Crippen molar-refractivity contribution in [1.29, 1.82) is 0 Å². The van der Waals surface area contributed by atoms with E-state index in [4.69, 9.17) is 9.47 Å². The van der Waals surface area contributed by atoms with Gasteiger partial charge in [0, 0.05) is 12.2 Å². The summed E-state index contributed by atoms with van der Waals surface area (Å²) in [6.45, 7) is 9.25. The van der Waals surface area contributed by atoms with Crippen LogP contribution in [-0.2, 0) is 19.1 Å². The summed E-state index contributed by atoms with van der Waals surface area (Å²) in [5.41, 5.74) is -0.826. The Bertz CT molecular complexity index is 340. The van der Waals surface area contributed by atoms with Gasteiger partial charge in [0.2, 0.25) is 0 Å². The van der Waals surface area contributed by atoms with Crippen LogP contribution in [-0.4, -0.2) is 29.4 Å². The van der Waals surface area contributed by atoms with E-state index < -0.39 is 11.6 Å². The smallest absolute Gasteiger partial charge is 0.310 e. The molecule has 1 atom stereocenters. The molecular weight excluding hydrogens is 296 g/mol. The summed E-state index contributed by atoms with van der Waals surface area (Å²) in [6.07, 6.45) is 2.98. The van der Waals surface area contributed by atoms with Crippen LogP contribution < -0.4 is 0 Å². The summed E-state index contributed by atoms with van der Waals surface area (Å²) in [6, 6.07) is 0. The van der Waals surface area contributed by atoms with E-state index in [0.29, 0.717) is 5.25 Å². The number of rotatable bonds is 9. The Morgan fingerprint density at radius 2 is 2.00 bits per heavy atom. The maximum absolute atomic E-state index is 11.6. The lowest BCUT2D eigenvalue weighted by molar-refractivity contribution is -0.160. The number of hydrogen-bond acceptors (Lipinski definition) is 6. The fourth-order valence-corrected chi connectivity index (χ4v) is 3.19. The normalized spacial score (nSPS) is 13.2. The minimum absolute atomic E-state index is 0.0508. The summed E-state index contributed by atoms with van der Waals surface area (Å²) in [7, 11) is 3.42. The number of ether oxygens (including phenoxy) is 2. The molecule has 1 unspecified atom stereocenters. The van der Waals surface area contributed by atoms with Crippen LogP contribution in [0.5, 0.6) is 0 Å². The first kappa shape index (κ1) is 19.4. The highest BCUT2D eigenvalue weighted by Gasteiger charge is 2.25. The van der Waals surface area contributed by atoms with E-state index in [1.807, 2.05) is 5.41 Å². The van der Waals surface area contributed by atoms with E-state index in [2.05, 4.69) is 13.8 Å². The SMILES string of the molecule is CCC(C)SSC=CCOC(=O)CC(C)(C)OC(C)=O. The van der Waals surface area contributed by atoms with Crippen molar-refractivity contribution in [3.8, 4) is 0 Å². The molecule has 116 valence electrons. The monoisotopic (exact) mass is 320 g/mol. The van der Waals surface area contributed by atoms with Gasteiger partial charge in [0.1, 0.15) is 12.2 Å². The van der Waals surface area contributed by atoms with E-state index in [1.165, 1.54) is 6.92 Å². The molecule has 0 heterocycles. The zero-order chi connectivity index (χ0) is 15.6. The van der Waals surface area contributed by atoms with Gasteiger partial charge < -0.3 is 9.47 Å². The molecule has 0 saturated heterocycles. The second-order valence-electron chi connectivity index (χ2n) is 5.00. The fourth-order valence-electron chi connectivity index (χ4n) is 1.24. The summed E-state index contributed by atoms with van der Waals surface area (Å²) in [4.78, 5) is 22.4. The molecular formula is C14H24O4S2. The van der Waals surface area contributed by atoms with Crippen LogP contribution >= 0.6 is 21.6 Å². The van der Waals surface area contributed by atoms with Crippen molar-refractivity contribution in [2.24, 2.45) is 0 Å². The van der Waals surface area contributed by atoms with Crippen molar-refractivity contribution in [3.63, 3.8) is 0 Å². The van der Waals surface area contributed by atoms with E-state index >= 15 is 0 Å². The van der Waals surface area contributed by atoms with Gasteiger partial charge in [-0.15, -0.1) is 0 Å². The molecule has 0 aliphatic heterocycles. The number of esters is 2. The Kier molecular flexibility index (Phi) is 9.84. The zero-order valence-electron chi connectivity index (χ0n) is 12.8. The van der Waals surface area contributed by atoms with Crippen molar-refractivity contribution in [2.75, 3.05) is 6.61 Å². The van der Waals surface area contributed by atoms with Gasteiger partial charge in [-0.3, -0.25) is 9.59 Å². The standard InChI is InChI=1S/C14H24O4S2/c1-6-11(2)20-19-9-7-8-17-13(16)10-14(4,5)18-12(3)15/h7,9,11H,6,8,10H2,1-5H3. The van der Waals surface area contributed by atoms with Crippen LogP contribution in [0.2, 0.25) is 0 Å². The largest absolute Gasteiger partial charge is 0.461 e. The van der Waals surface area contributed by atoms with Gasteiger partial charge in [0.15, 0.2) is 0 Å². The Hall–Kier alpha value is -0.620. The molecule has 0 rings (SSSR count). The van der Waals surface area contributed by atoms with Gasteiger partial charge in [-0.1, -0.05) is 35.4 Å². The first-order valence-corrected chi connectivity index (χ1v) is 8.86. The third-order valence-corrected chi connectivity index (χ3v) is 5.01. The summed E-state index contributed by atoms with van der Waals surface area (Å²) in [5, 5.41) is 2.53. The zero-order valence-corrected chi connectivity index (χ0v) is 14.4. The highest BCUT2D eigenvalue weighted by molar-refractivity contribution is 8.78. The molecule has 0 radical (unpaired) electrons. The molecule has 0 fully saturated rings. The van der Waals surface area contributed by atoms with Crippen LogP contribution in [0.1, 0.15) is 47.5 Å². The molecule has 0 spiro atoms. The van der Waals surface area contributed by atoms with Crippen LogP contribution in [0.15, 0.2) is 11.5 Å². The molecule has 6 heteroatoms. The van der Waals surface area contributed by atoms with Crippen molar-refractivity contribution in [3.05, 3.63) is 11.5 Å². The molecule has 0 saturated carbocycles. The third kappa shape index (κ3) is 11.2. The van der Waals surface area contributed by atoms with Gasteiger partial charge in [0.05, 0.1) is 6.42 Å². The van der Waals surface area contributed by atoms with Gasteiger partial charge in [-0.25, -0.2) is 0 Å².